The normalized spacial score (nSPS) is 12.1. The number of hydrogen-bond acceptors (Lipinski definition) is 5. The van der Waals surface area contributed by atoms with Gasteiger partial charge in [0.05, 0.1) is 19.5 Å². The molecule has 0 spiro atoms. The Morgan fingerprint density at radius 2 is 1.03 bits per heavy atom. The Hall–Kier alpha value is -0.200. The average Bonchev–Trinajstić information content (AvgIpc) is 2.88. The van der Waals surface area contributed by atoms with Crippen LogP contribution in [0.15, 0.2) is 0 Å². The third-order valence-corrected chi connectivity index (χ3v) is 6.50. The molecule has 0 fully saturated rings. The summed E-state index contributed by atoms with van der Waals surface area (Å²) < 4.78 is 0. The standard InChI is InChI=1S/C14H32N2.C9H23N3.C7H16.C4H10/c1-6-10-12-14(15(5)8-3)16(9-4)13-11-7-2;1-6-11(5)9-12(7-2)8-10(3)4;1-4-5-6-7(2)3;1-4(2)3/h14H,6-13H2,1-5H3;6-9H2,1-5H3;7H,4-6H2,1-3H3;4H,1-3H3. The van der Waals surface area contributed by atoms with Crippen LogP contribution >= 0.6 is 0 Å². The summed E-state index contributed by atoms with van der Waals surface area (Å²) in [7, 11) is 8.62. The zero-order valence-electron chi connectivity index (χ0n) is 30.6. The minimum Gasteiger partial charge on any atom is -0.297 e. The van der Waals surface area contributed by atoms with Gasteiger partial charge in [-0.15, -0.1) is 0 Å². The zero-order chi connectivity index (χ0) is 31.2. The van der Waals surface area contributed by atoms with Gasteiger partial charge in [-0.05, 0) is 85.6 Å². The molecule has 242 valence electrons. The quantitative estimate of drug-likeness (QED) is 0.147. The minimum atomic E-state index is 0.654. The number of nitrogens with zero attached hydrogens (tertiary/aromatic N) is 5. The molecule has 0 N–H and O–H groups in total. The predicted molar refractivity (Wildman–Crippen MR) is 183 cm³/mol. The third kappa shape index (κ3) is 37.8. The summed E-state index contributed by atoms with van der Waals surface area (Å²) in [4.78, 5) is 12.1. The van der Waals surface area contributed by atoms with Crippen molar-refractivity contribution in [2.24, 2.45) is 11.8 Å². The van der Waals surface area contributed by atoms with E-state index in [0.29, 0.717) is 6.17 Å². The van der Waals surface area contributed by atoms with Crippen molar-refractivity contribution >= 4 is 0 Å². The molecule has 0 heterocycles. The van der Waals surface area contributed by atoms with Gasteiger partial charge in [0.2, 0.25) is 0 Å². The lowest BCUT2D eigenvalue weighted by Gasteiger charge is -2.37. The lowest BCUT2D eigenvalue weighted by Crippen LogP contribution is -2.46. The summed E-state index contributed by atoms with van der Waals surface area (Å²) in [5, 5.41) is 0. The van der Waals surface area contributed by atoms with Crippen molar-refractivity contribution in [1.29, 1.82) is 0 Å². The fraction of sp³-hybridized carbons (Fsp3) is 1.00. The first kappa shape index (κ1) is 45.8. The maximum Gasteiger partial charge on any atom is 0.0619 e. The molecule has 5 heteroatoms. The highest BCUT2D eigenvalue weighted by Crippen LogP contribution is 2.13. The van der Waals surface area contributed by atoms with E-state index in [1.807, 2.05) is 0 Å². The zero-order valence-corrected chi connectivity index (χ0v) is 30.6. The fourth-order valence-electron chi connectivity index (χ4n) is 3.86. The van der Waals surface area contributed by atoms with Crippen LogP contribution in [0.2, 0.25) is 0 Å². The second kappa shape index (κ2) is 34.0. The van der Waals surface area contributed by atoms with Gasteiger partial charge < -0.3 is 0 Å². The van der Waals surface area contributed by atoms with E-state index in [1.165, 1.54) is 64.5 Å². The molecule has 39 heavy (non-hydrogen) atoms. The van der Waals surface area contributed by atoms with Crippen LogP contribution < -0.4 is 0 Å². The molecule has 1 atom stereocenters. The van der Waals surface area contributed by atoms with E-state index in [1.54, 1.807) is 0 Å². The molecule has 0 aromatic heterocycles. The molecule has 0 rings (SSSR count). The van der Waals surface area contributed by atoms with Gasteiger partial charge in [-0.1, -0.05) is 122 Å². The number of hydrogen-bond donors (Lipinski definition) is 0. The second-order valence-corrected chi connectivity index (χ2v) is 12.5. The smallest absolute Gasteiger partial charge is 0.0619 e. The van der Waals surface area contributed by atoms with Gasteiger partial charge in [0.25, 0.3) is 0 Å². The Balaban J connectivity index is -0.000000233. The van der Waals surface area contributed by atoms with E-state index >= 15 is 0 Å². The van der Waals surface area contributed by atoms with Gasteiger partial charge in [0.1, 0.15) is 0 Å². The highest BCUT2D eigenvalue weighted by molar-refractivity contribution is 4.70. The molecule has 0 saturated heterocycles. The Labute approximate surface area is 251 Å². The lowest BCUT2D eigenvalue weighted by atomic mass is 10.1. The van der Waals surface area contributed by atoms with Crippen molar-refractivity contribution in [1.82, 2.24) is 24.5 Å². The minimum absolute atomic E-state index is 0.654. The molecule has 0 aliphatic carbocycles. The number of unbranched alkanes of at least 4 members (excludes halogenated alkanes) is 3. The maximum absolute atomic E-state index is 2.64. The second-order valence-electron chi connectivity index (χ2n) is 12.5. The van der Waals surface area contributed by atoms with E-state index in [4.69, 9.17) is 0 Å². The van der Waals surface area contributed by atoms with E-state index < -0.39 is 0 Å². The van der Waals surface area contributed by atoms with Crippen LogP contribution in [0, 0.1) is 11.8 Å². The summed E-state index contributed by atoms with van der Waals surface area (Å²) >= 11 is 0. The van der Waals surface area contributed by atoms with Crippen molar-refractivity contribution in [2.75, 3.05) is 74.3 Å². The van der Waals surface area contributed by atoms with Crippen molar-refractivity contribution in [3.8, 4) is 0 Å². The highest BCUT2D eigenvalue weighted by atomic mass is 15.4. The first-order chi connectivity index (χ1) is 18.3. The van der Waals surface area contributed by atoms with Crippen LogP contribution in [0.1, 0.15) is 134 Å². The van der Waals surface area contributed by atoms with E-state index in [0.717, 1.165) is 44.8 Å². The molecule has 0 radical (unpaired) electrons. The maximum atomic E-state index is 2.64. The first-order valence-electron chi connectivity index (χ1n) is 16.8. The molecule has 0 aliphatic rings. The van der Waals surface area contributed by atoms with Crippen LogP contribution in [-0.4, -0.2) is 105 Å². The average molecular weight is 560 g/mol. The lowest BCUT2D eigenvalue weighted by molar-refractivity contribution is 0.0588. The van der Waals surface area contributed by atoms with Gasteiger partial charge in [0, 0.05) is 0 Å². The highest BCUT2D eigenvalue weighted by Gasteiger charge is 2.19. The summed E-state index contributed by atoms with van der Waals surface area (Å²) in [5.74, 6) is 1.74. The van der Waals surface area contributed by atoms with Crippen LogP contribution in [0.4, 0.5) is 0 Å². The van der Waals surface area contributed by atoms with E-state index in [2.05, 4.69) is 136 Å². The van der Waals surface area contributed by atoms with Gasteiger partial charge in [-0.25, -0.2) is 0 Å². The van der Waals surface area contributed by atoms with Crippen molar-refractivity contribution in [3.63, 3.8) is 0 Å². The van der Waals surface area contributed by atoms with Gasteiger partial charge >= 0.3 is 0 Å². The topological polar surface area (TPSA) is 16.2 Å². The third-order valence-electron chi connectivity index (χ3n) is 6.50. The van der Waals surface area contributed by atoms with E-state index in [9.17, 15) is 0 Å². The van der Waals surface area contributed by atoms with Crippen LogP contribution in [0.3, 0.4) is 0 Å². The predicted octanol–water partition coefficient (Wildman–Crippen LogP) is 8.81. The summed E-state index contributed by atoms with van der Waals surface area (Å²) in [5.41, 5.74) is 0. The molecular weight excluding hydrogens is 478 g/mol. The van der Waals surface area contributed by atoms with E-state index in [-0.39, 0.29) is 0 Å². The Morgan fingerprint density at radius 3 is 1.33 bits per heavy atom. The molecule has 1 unspecified atom stereocenters. The van der Waals surface area contributed by atoms with Gasteiger partial charge in [-0.3, -0.25) is 24.5 Å². The van der Waals surface area contributed by atoms with Crippen molar-refractivity contribution in [2.45, 2.75) is 141 Å². The summed E-state index contributed by atoms with van der Waals surface area (Å²) in [6.07, 6.45) is 11.4. The van der Waals surface area contributed by atoms with Crippen molar-refractivity contribution < 1.29 is 0 Å². The van der Waals surface area contributed by atoms with Gasteiger partial charge in [-0.2, -0.15) is 0 Å². The molecule has 5 nitrogen and oxygen atoms in total. The molecule has 0 saturated carbocycles. The summed E-state index contributed by atoms with van der Waals surface area (Å²) in [6.45, 7) is 34.7. The van der Waals surface area contributed by atoms with Gasteiger partial charge in [0.15, 0.2) is 0 Å². The number of rotatable bonds is 19. The van der Waals surface area contributed by atoms with Crippen LogP contribution in [-0.2, 0) is 0 Å². The Bertz CT molecular complexity index is 425. The Kier molecular flexibility index (Phi) is 39.9. The largest absolute Gasteiger partial charge is 0.297 e. The first-order valence-corrected chi connectivity index (χ1v) is 16.8. The monoisotopic (exact) mass is 560 g/mol. The summed E-state index contributed by atoms with van der Waals surface area (Å²) in [6, 6.07) is 0. The molecule has 0 bridgehead atoms. The SMILES string of the molecule is CC(C)C.CCCCC(C)C.CCCCC(N(C)CC)N(CC)CCCC.CCN(C)CN(CC)CN(C)C. The van der Waals surface area contributed by atoms with Crippen molar-refractivity contribution in [3.05, 3.63) is 0 Å². The molecule has 0 aromatic rings. The fourth-order valence-corrected chi connectivity index (χ4v) is 3.86. The van der Waals surface area contributed by atoms with Crippen LogP contribution in [0.25, 0.3) is 0 Å². The molecule has 0 amide bonds. The molecule has 0 aromatic carbocycles. The van der Waals surface area contributed by atoms with Crippen LogP contribution in [0.5, 0.6) is 0 Å². The molecule has 0 aliphatic heterocycles. The molecular formula is C34H81N5. The Morgan fingerprint density at radius 1 is 0.538 bits per heavy atom.